The Kier molecular flexibility index (Phi) is 4.20. The number of nitrogens with one attached hydrogen (secondary N) is 1. The van der Waals surface area contributed by atoms with E-state index < -0.39 is 12.1 Å². The number of aryl methyl sites for hydroxylation is 1. The molecule has 2 atom stereocenters. The molecule has 5 nitrogen and oxygen atoms in total. The molecule has 1 amide bonds. The average Bonchev–Trinajstić information content (AvgIpc) is 3.17. The summed E-state index contributed by atoms with van der Waals surface area (Å²) in [4.78, 5) is 16.6. The third kappa shape index (κ3) is 2.87. The van der Waals surface area contributed by atoms with E-state index in [1.54, 1.807) is 35.2 Å². The summed E-state index contributed by atoms with van der Waals surface area (Å²) in [5, 5.41) is 2.87. The number of hydrogen-bond donors (Lipinski definition) is 1. The van der Waals surface area contributed by atoms with Gasteiger partial charge in [-0.3, -0.25) is 4.79 Å². The molecule has 1 N–H and O–H groups in total. The molecular formula is C16H18FN3O2. The van der Waals surface area contributed by atoms with E-state index >= 15 is 0 Å². The third-order valence-electron chi connectivity index (χ3n) is 3.84. The second-order valence-corrected chi connectivity index (χ2v) is 5.36. The van der Waals surface area contributed by atoms with Crippen LogP contribution in [-0.2, 0) is 16.6 Å². The van der Waals surface area contributed by atoms with E-state index in [4.69, 9.17) is 4.74 Å². The van der Waals surface area contributed by atoms with Gasteiger partial charge in [-0.15, -0.1) is 0 Å². The van der Waals surface area contributed by atoms with Gasteiger partial charge in [-0.1, -0.05) is 18.2 Å². The van der Waals surface area contributed by atoms with Crippen LogP contribution in [0.15, 0.2) is 36.7 Å². The Morgan fingerprint density at radius 1 is 1.50 bits per heavy atom. The second kappa shape index (κ2) is 6.27. The Hall–Kier alpha value is -2.21. The van der Waals surface area contributed by atoms with E-state index in [1.165, 1.54) is 6.07 Å². The molecule has 2 heterocycles. The van der Waals surface area contributed by atoms with Crippen molar-refractivity contribution in [3.63, 3.8) is 0 Å². The molecule has 6 heteroatoms. The minimum Gasteiger partial charge on any atom is -0.368 e. The first kappa shape index (κ1) is 14.7. The number of rotatable bonds is 4. The largest absolute Gasteiger partial charge is 0.368 e. The Bertz CT molecular complexity index is 665. The number of imidazole rings is 1. The fraction of sp³-hybridized carbons (Fsp3) is 0.375. The second-order valence-electron chi connectivity index (χ2n) is 5.36. The monoisotopic (exact) mass is 303 g/mol. The molecule has 0 aliphatic carbocycles. The van der Waals surface area contributed by atoms with Gasteiger partial charge in [0.05, 0.1) is 0 Å². The van der Waals surface area contributed by atoms with Gasteiger partial charge in [-0.25, -0.2) is 9.37 Å². The highest BCUT2D eigenvalue weighted by Crippen LogP contribution is 2.24. The molecule has 0 radical (unpaired) electrons. The van der Waals surface area contributed by atoms with Gasteiger partial charge in [0.2, 0.25) is 5.91 Å². The van der Waals surface area contributed by atoms with E-state index in [-0.39, 0.29) is 11.7 Å². The van der Waals surface area contributed by atoms with Gasteiger partial charge in [0.25, 0.3) is 0 Å². The van der Waals surface area contributed by atoms with E-state index in [9.17, 15) is 9.18 Å². The third-order valence-corrected chi connectivity index (χ3v) is 3.84. The van der Waals surface area contributed by atoms with Gasteiger partial charge in [0, 0.05) is 31.6 Å². The van der Waals surface area contributed by atoms with Crippen molar-refractivity contribution in [1.29, 1.82) is 0 Å². The van der Waals surface area contributed by atoms with Crippen LogP contribution in [0.3, 0.4) is 0 Å². The zero-order chi connectivity index (χ0) is 15.5. The van der Waals surface area contributed by atoms with Crippen LogP contribution in [-0.4, -0.2) is 28.2 Å². The summed E-state index contributed by atoms with van der Waals surface area (Å²) in [7, 11) is 1.81. The first-order valence-corrected chi connectivity index (χ1v) is 7.30. The molecule has 0 spiro atoms. The summed E-state index contributed by atoms with van der Waals surface area (Å²) >= 11 is 0. The van der Waals surface area contributed by atoms with Gasteiger partial charge in [0.1, 0.15) is 23.8 Å². The van der Waals surface area contributed by atoms with Crippen molar-refractivity contribution < 1.29 is 13.9 Å². The van der Waals surface area contributed by atoms with Crippen molar-refractivity contribution in [2.75, 3.05) is 6.61 Å². The number of carbonyl (C=O) groups excluding carboxylic acids is 1. The van der Waals surface area contributed by atoms with E-state index in [0.717, 1.165) is 6.42 Å². The predicted molar refractivity (Wildman–Crippen MR) is 78.6 cm³/mol. The smallest absolute Gasteiger partial charge is 0.249 e. The minimum absolute atomic E-state index is 0.228. The molecule has 1 aromatic heterocycles. The van der Waals surface area contributed by atoms with Crippen molar-refractivity contribution in [3.05, 3.63) is 53.9 Å². The maximum atomic E-state index is 14.2. The van der Waals surface area contributed by atoms with E-state index in [0.29, 0.717) is 24.4 Å². The van der Waals surface area contributed by atoms with Crippen molar-refractivity contribution in [2.45, 2.75) is 25.0 Å². The standard InChI is InChI=1S/C16H18FN3O2/c1-20-9-8-18-15(20)14(11-5-2-3-6-12(11)17)19-16(21)13-7-4-10-22-13/h2-3,5-6,8-9,13-14H,4,7,10H2,1H3,(H,19,21). The lowest BCUT2D eigenvalue weighted by Crippen LogP contribution is -2.38. The molecule has 116 valence electrons. The summed E-state index contributed by atoms with van der Waals surface area (Å²) in [6.07, 6.45) is 4.49. The van der Waals surface area contributed by atoms with Gasteiger partial charge < -0.3 is 14.6 Å². The Labute approximate surface area is 128 Å². The summed E-state index contributed by atoms with van der Waals surface area (Å²) in [5.74, 6) is -0.0201. The number of carbonyl (C=O) groups is 1. The minimum atomic E-state index is -0.641. The fourth-order valence-corrected chi connectivity index (χ4v) is 2.67. The van der Waals surface area contributed by atoms with Crippen LogP contribution in [0.5, 0.6) is 0 Å². The molecule has 1 aromatic carbocycles. The number of nitrogens with zero attached hydrogens (tertiary/aromatic N) is 2. The normalized spacial score (nSPS) is 19.1. The number of hydrogen-bond acceptors (Lipinski definition) is 3. The van der Waals surface area contributed by atoms with Crippen LogP contribution in [0, 0.1) is 5.82 Å². The topological polar surface area (TPSA) is 56.2 Å². The Morgan fingerprint density at radius 3 is 2.95 bits per heavy atom. The van der Waals surface area contributed by atoms with Crippen molar-refractivity contribution in [1.82, 2.24) is 14.9 Å². The average molecular weight is 303 g/mol. The molecule has 1 aliphatic heterocycles. The number of aromatic nitrogens is 2. The highest BCUT2D eigenvalue weighted by atomic mass is 19.1. The van der Waals surface area contributed by atoms with Crippen LogP contribution in [0.1, 0.15) is 30.3 Å². The van der Waals surface area contributed by atoms with Crippen LogP contribution < -0.4 is 5.32 Å². The molecule has 0 saturated carbocycles. The maximum Gasteiger partial charge on any atom is 0.249 e. The lowest BCUT2D eigenvalue weighted by molar-refractivity contribution is -0.130. The van der Waals surface area contributed by atoms with Gasteiger partial charge in [-0.05, 0) is 18.9 Å². The molecule has 2 unspecified atom stereocenters. The maximum absolute atomic E-state index is 14.2. The molecular weight excluding hydrogens is 285 g/mol. The summed E-state index contributed by atoms with van der Waals surface area (Å²) in [6, 6.07) is 5.76. The number of ether oxygens (including phenoxy) is 1. The molecule has 1 fully saturated rings. The highest BCUT2D eigenvalue weighted by Gasteiger charge is 2.29. The van der Waals surface area contributed by atoms with Crippen LogP contribution in [0.4, 0.5) is 4.39 Å². The summed E-state index contributed by atoms with van der Waals surface area (Å²) in [6.45, 7) is 0.588. The first-order chi connectivity index (χ1) is 10.7. The lowest BCUT2D eigenvalue weighted by atomic mass is 10.0. The highest BCUT2D eigenvalue weighted by molar-refractivity contribution is 5.81. The number of halogens is 1. The van der Waals surface area contributed by atoms with Gasteiger partial charge >= 0.3 is 0 Å². The van der Waals surface area contributed by atoms with E-state index in [1.807, 2.05) is 7.05 Å². The molecule has 1 aliphatic rings. The Balaban J connectivity index is 1.91. The van der Waals surface area contributed by atoms with Gasteiger partial charge in [-0.2, -0.15) is 0 Å². The quantitative estimate of drug-likeness (QED) is 0.939. The van der Waals surface area contributed by atoms with Crippen LogP contribution >= 0.6 is 0 Å². The van der Waals surface area contributed by atoms with E-state index in [2.05, 4.69) is 10.3 Å². The molecule has 2 aromatic rings. The van der Waals surface area contributed by atoms with Crippen molar-refractivity contribution in [3.8, 4) is 0 Å². The SMILES string of the molecule is Cn1ccnc1C(NC(=O)C1CCCO1)c1ccccc1F. The van der Waals surface area contributed by atoms with Gasteiger partial charge in [0.15, 0.2) is 0 Å². The number of amides is 1. The molecule has 0 bridgehead atoms. The van der Waals surface area contributed by atoms with Crippen molar-refractivity contribution >= 4 is 5.91 Å². The molecule has 3 rings (SSSR count). The molecule has 22 heavy (non-hydrogen) atoms. The first-order valence-electron chi connectivity index (χ1n) is 7.30. The van der Waals surface area contributed by atoms with Crippen LogP contribution in [0.2, 0.25) is 0 Å². The predicted octanol–water partition coefficient (Wildman–Crippen LogP) is 1.94. The summed E-state index contributed by atoms with van der Waals surface area (Å²) < 4.78 is 21.3. The lowest BCUT2D eigenvalue weighted by Gasteiger charge is -2.21. The zero-order valence-corrected chi connectivity index (χ0v) is 12.3. The Morgan fingerprint density at radius 2 is 2.32 bits per heavy atom. The molecule has 1 saturated heterocycles. The number of benzene rings is 1. The fourth-order valence-electron chi connectivity index (χ4n) is 2.67. The van der Waals surface area contributed by atoms with Crippen LogP contribution in [0.25, 0.3) is 0 Å². The zero-order valence-electron chi connectivity index (χ0n) is 12.3. The summed E-state index contributed by atoms with van der Waals surface area (Å²) in [5.41, 5.74) is 0.392. The van der Waals surface area contributed by atoms with Crippen molar-refractivity contribution in [2.24, 2.45) is 7.05 Å².